The summed E-state index contributed by atoms with van der Waals surface area (Å²) in [7, 11) is 0. The van der Waals surface area contributed by atoms with Gasteiger partial charge in [-0.15, -0.1) is 0 Å². The van der Waals surface area contributed by atoms with Crippen LogP contribution in [0.25, 0.3) is 0 Å². The molecule has 0 bridgehead atoms. The Labute approximate surface area is 101 Å². The minimum Gasteiger partial charge on any atom is -0.0842 e. The monoisotopic (exact) mass is 218 g/mol. The maximum Gasteiger partial charge on any atom is -0.0200 e. The molecular weight excluding hydrogens is 192 g/mol. The van der Waals surface area contributed by atoms with Gasteiger partial charge in [0.15, 0.2) is 0 Å². The lowest BCUT2D eigenvalue weighted by atomic mass is 9.68. The third-order valence-electron chi connectivity index (χ3n) is 4.52. The van der Waals surface area contributed by atoms with Crippen molar-refractivity contribution in [2.45, 2.75) is 59.3 Å². The summed E-state index contributed by atoms with van der Waals surface area (Å²) in [6, 6.07) is 0. The molecule has 16 heavy (non-hydrogen) atoms. The van der Waals surface area contributed by atoms with Gasteiger partial charge in [-0.25, -0.2) is 0 Å². The van der Waals surface area contributed by atoms with Crippen molar-refractivity contribution < 1.29 is 0 Å². The fourth-order valence-corrected chi connectivity index (χ4v) is 3.29. The zero-order chi connectivity index (χ0) is 11.6. The molecule has 0 nitrogen and oxygen atoms in total. The van der Waals surface area contributed by atoms with Gasteiger partial charge in [0.2, 0.25) is 0 Å². The molecule has 2 aliphatic carbocycles. The largest absolute Gasteiger partial charge is 0.0842 e. The van der Waals surface area contributed by atoms with Crippen molar-refractivity contribution in [3.63, 3.8) is 0 Å². The highest BCUT2D eigenvalue weighted by Crippen LogP contribution is 2.42. The van der Waals surface area contributed by atoms with E-state index in [0.717, 1.165) is 11.8 Å². The van der Waals surface area contributed by atoms with E-state index < -0.39 is 0 Å². The number of rotatable bonds is 1. The maximum absolute atomic E-state index is 2.40. The number of hydrogen-bond donors (Lipinski definition) is 0. The van der Waals surface area contributed by atoms with E-state index in [4.69, 9.17) is 0 Å². The van der Waals surface area contributed by atoms with Gasteiger partial charge >= 0.3 is 0 Å². The van der Waals surface area contributed by atoms with Gasteiger partial charge in [-0.2, -0.15) is 0 Å². The van der Waals surface area contributed by atoms with E-state index in [1.165, 1.54) is 38.5 Å². The van der Waals surface area contributed by atoms with Gasteiger partial charge in [0.1, 0.15) is 0 Å². The first kappa shape index (κ1) is 12.0. The van der Waals surface area contributed by atoms with Crippen LogP contribution in [0.2, 0.25) is 0 Å². The molecule has 0 aromatic rings. The van der Waals surface area contributed by atoms with Crippen molar-refractivity contribution >= 4 is 0 Å². The van der Waals surface area contributed by atoms with Crippen molar-refractivity contribution in [1.29, 1.82) is 0 Å². The first-order valence-electron chi connectivity index (χ1n) is 6.93. The third kappa shape index (κ3) is 2.78. The van der Waals surface area contributed by atoms with Gasteiger partial charge in [0.05, 0.1) is 0 Å². The molecule has 0 aliphatic heterocycles. The summed E-state index contributed by atoms with van der Waals surface area (Å²) in [5, 5.41) is 0. The van der Waals surface area contributed by atoms with Crippen LogP contribution >= 0.6 is 0 Å². The summed E-state index contributed by atoms with van der Waals surface area (Å²) in [6.45, 7) is 7.21. The molecule has 0 heterocycles. The lowest BCUT2D eigenvalue weighted by molar-refractivity contribution is 0.159. The standard InChI is InChI=1S/C16H26/c1-16(2,3)15-11-9-14(10-12-15)13-7-5-4-6-8-13/h4-5,7,14-15H,6,8-12H2,1-3H3. The Kier molecular flexibility index (Phi) is 3.56. The van der Waals surface area contributed by atoms with Gasteiger partial charge in [0.25, 0.3) is 0 Å². The van der Waals surface area contributed by atoms with Gasteiger partial charge < -0.3 is 0 Å². The predicted molar refractivity (Wildman–Crippen MR) is 71.4 cm³/mol. The van der Waals surface area contributed by atoms with Crippen LogP contribution in [0, 0.1) is 17.3 Å². The minimum atomic E-state index is 0.520. The average Bonchev–Trinajstić information content (AvgIpc) is 2.29. The van der Waals surface area contributed by atoms with Crippen LogP contribution in [0.3, 0.4) is 0 Å². The quantitative estimate of drug-likeness (QED) is 0.573. The van der Waals surface area contributed by atoms with Crippen LogP contribution in [0.15, 0.2) is 23.8 Å². The molecule has 90 valence electrons. The summed E-state index contributed by atoms with van der Waals surface area (Å²) in [5.74, 6) is 1.85. The smallest absolute Gasteiger partial charge is 0.0200 e. The second kappa shape index (κ2) is 4.77. The van der Waals surface area contributed by atoms with Gasteiger partial charge in [-0.1, -0.05) is 44.6 Å². The fourth-order valence-electron chi connectivity index (χ4n) is 3.29. The van der Waals surface area contributed by atoms with E-state index in [1.807, 2.05) is 0 Å². The van der Waals surface area contributed by atoms with E-state index in [1.54, 1.807) is 5.57 Å². The van der Waals surface area contributed by atoms with Crippen molar-refractivity contribution in [1.82, 2.24) is 0 Å². The molecule has 0 aromatic carbocycles. The molecule has 0 saturated heterocycles. The Morgan fingerprint density at radius 1 is 1.06 bits per heavy atom. The van der Waals surface area contributed by atoms with Crippen molar-refractivity contribution in [2.24, 2.45) is 17.3 Å². The van der Waals surface area contributed by atoms with Gasteiger partial charge in [-0.3, -0.25) is 0 Å². The van der Waals surface area contributed by atoms with Crippen LogP contribution in [-0.2, 0) is 0 Å². The molecule has 0 amide bonds. The van der Waals surface area contributed by atoms with E-state index >= 15 is 0 Å². The number of allylic oxidation sites excluding steroid dienone is 4. The Hall–Kier alpha value is -0.520. The molecule has 0 aromatic heterocycles. The molecule has 0 radical (unpaired) electrons. The Balaban J connectivity index is 1.90. The third-order valence-corrected chi connectivity index (χ3v) is 4.52. The van der Waals surface area contributed by atoms with Gasteiger partial charge in [0, 0.05) is 0 Å². The molecule has 2 aliphatic rings. The molecule has 1 saturated carbocycles. The lowest BCUT2D eigenvalue weighted by Crippen LogP contribution is -2.26. The summed E-state index contributed by atoms with van der Waals surface area (Å²) >= 11 is 0. The lowest BCUT2D eigenvalue weighted by Gasteiger charge is -2.38. The topological polar surface area (TPSA) is 0 Å². The van der Waals surface area contributed by atoms with E-state index in [-0.39, 0.29) is 0 Å². The molecule has 0 spiro atoms. The Morgan fingerprint density at radius 2 is 1.75 bits per heavy atom. The SMILES string of the molecule is CC(C)(C)C1CCC(C2=CC=CCC2)CC1. The summed E-state index contributed by atoms with van der Waals surface area (Å²) in [5.41, 5.74) is 2.25. The van der Waals surface area contributed by atoms with Crippen LogP contribution < -0.4 is 0 Å². The summed E-state index contributed by atoms with van der Waals surface area (Å²) in [4.78, 5) is 0. The fraction of sp³-hybridized carbons (Fsp3) is 0.750. The van der Waals surface area contributed by atoms with Crippen LogP contribution in [-0.4, -0.2) is 0 Å². The molecule has 0 unspecified atom stereocenters. The van der Waals surface area contributed by atoms with E-state index in [9.17, 15) is 0 Å². The zero-order valence-corrected chi connectivity index (χ0v) is 11.1. The summed E-state index contributed by atoms with van der Waals surface area (Å²) < 4.78 is 0. The second-order valence-electron chi connectivity index (χ2n) is 6.62. The Bertz CT molecular complexity index is 280. The predicted octanol–water partition coefficient (Wildman–Crippen LogP) is 5.12. The first-order chi connectivity index (χ1) is 7.57. The Morgan fingerprint density at radius 3 is 2.25 bits per heavy atom. The second-order valence-corrected chi connectivity index (χ2v) is 6.62. The first-order valence-corrected chi connectivity index (χ1v) is 6.93. The number of hydrogen-bond acceptors (Lipinski definition) is 0. The normalized spacial score (nSPS) is 31.3. The van der Waals surface area contributed by atoms with Crippen LogP contribution in [0.1, 0.15) is 59.3 Å². The molecular formula is C16H26. The zero-order valence-electron chi connectivity index (χ0n) is 11.1. The molecule has 0 heteroatoms. The highest BCUT2D eigenvalue weighted by molar-refractivity contribution is 5.20. The molecule has 0 N–H and O–H groups in total. The molecule has 1 fully saturated rings. The van der Waals surface area contributed by atoms with Crippen LogP contribution in [0.5, 0.6) is 0 Å². The van der Waals surface area contributed by atoms with E-state index in [2.05, 4.69) is 39.0 Å². The maximum atomic E-state index is 2.40. The minimum absolute atomic E-state index is 0.520. The van der Waals surface area contributed by atoms with E-state index in [0.29, 0.717) is 5.41 Å². The summed E-state index contributed by atoms with van der Waals surface area (Å²) in [6.07, 6.45) is 15.3. The van der Waals surface area contributed by atoms with Crippen molar-refractivity contribution in [3.05, 3.63) is 23.8 Å². The van der Waals surface area contributed by atoms with Crippen molar-refractivity contribution in [2.75, 3.05) is 0 Å². The molecule has 0 atom stereocenters. The molecule has 2 rings (SSSR count). The van der Waals surface area contributed by atoms with Gasteiger partial charge in [-0.05, 0) is 55.8 Å². The highest BCUT2D eigenvalue weighted by Gasteiger charge is 2.30. The van der Waals surface area contributed by atoms with Crippen LogP contribution in [0.4, 0.5) is 0 Å². The van der Waals surface area contributed by atoms with Crippen molar-refractivity contribution in [3.8, 4) is 0 Å². The highest BCUT2D eigenvalue weighted by atomic mass is 14.4. The average molecular weight is 218 g/mol.